The first-order valence-corrected chi connectivity index (χ1v) is 9.30. The second kappa shape index (κ2) is 9.56. The number of hydrogen-bond donors (Lipinski definition) is 1. The zero-order chi connectivity index (χ0) is 18.2. The third kappa shape index (κ3) is 5.85. The minimum absolute atomic E-state index is 0.00317. The van der Waals surface area contributed by atoms with E-state index in [1.54, 1.807) is 0 Å². The van der Waals surface area contributed by atoms with Crippen LogP contribution >= 0.6 is 0 Å². The van der Waals surface area contributed by atoms with E-state index in [4.69, 9.17) is 4.74 Å². The van der Waals surface area contributed by atoms with Gasteiger partial charge in [0, 0.05) is 6.54 Å². The van der Waals surface area contributed by atoms with Gasteiger partial charge in [-0.15, -0.1) is 0 Å². The van der Waals surface area contributed by atoms with Crippen molar-refractivity contribution >= 4 is 11.9 Å². The van der Waals surface area contributed by atoms with Gasteiger partial charge in [0.1, 0.15) is 0 Å². The summed E-state index contributed by atoms with van der Waals surface area (Å²) >= 11 is 0. The van der Waals surface area contributed by atoms with E-state index in [-0.39, 0.29) is 23.8 Å². The van der Waals surface area contributed by atoms with E-state index < -0.39 is 0 Å². The summed E-state index contributed by atoms with van der Waals surface area (Å²) in [4.78, 5) is 26.3. The number of esters is 1. The number of aryl methyl sites for hydroxylation is 1. The van der Waals surface area contributed by atoms with Gasteiger partial charge in [-0.25, -0.2) is 0 Å². The van der Waals surface area contributed by atoms with Gasteiger partial charge in [0.15, 0.2) is 0 Å². The van der Waals surface area contributed by atoms with Crippen molar-refractivity contribution in [2.45, 2.75) is 46.1 Å². The zero-order valence-corrected chi connectivity index (χ0v) is 15.6. The molecule has 0 spiro atoms. The monoisotopic (exact) mass is 346 g/mol. The largest absolute Gasteiger partial charge is 0.466 e. The van der Waals surface area contributed by atoms with Crippen molar-refractivity contribution < 1.29 is 14.3 Å². The summed E-state index contributed by atoms with van der Waals surface area (Å²) in [5.41, 5.74) is 2.40. The number of hydrogen-bond acceptors (Lipinski definition) is 4. The Morgan fingerprint density at radius 2 is 2.00 bits per heavy atom. The van der Waals surface area contributed by atoms with Crippen molar-refractivity contribution in [3.63, 3.8) is 0 Å². The maximum absolute atomic E-state index is 12.4. The number of carbonyl (C=O) groups excluding carboxylic acids is 2. The van der Waals surface area contributed by atoms with Crippen LogP contribution in [0.15, 0.2) is 24.3 Å². The molecule has 1 aromatic carbocycles. The Labute approximate surface area is 150 Å². The van der Waals surface area contributed by atoms with Crippen LogP contribution < -0.4 is 5.32 Å². The minimum atomic E-state index is -0.142. The molecule has 0 aliphatic carbocycles. The van der Waals surface area contributed by atoms with Crippen molar-refractivity contribution in [1.82, 2.24) is 10.2 Å². The molecule has 0 aromatic heterocycles. The molecule has 2 rings (SSSR count). The van der Waals surface area contributed by atoms with Crippen LogP contribution in [-0.4, -0.2) is 43.0 Å². The van der Waals surface area contributed by atoms with Gasteiger partial charge in [-0.1, -0.05) is 31.2 Å². The van der Waals surface area contributed by atoms with Crippen LogP contribution in [0.3, 0.4) is 0 Å². The van der Waals surface area contributed by atoms with E-state index in [0.717, 1.165) is 31.4 Å². The molecular formula is C20H30N2O3. The van der Waals surface area contributed by atoms with Gasteiger partial charge in [-0.2, -0.15) is 0 Å². The maximum atomic E-state index is 12.4. The number of amides is 1. The quantitative estimate of drug-likeness (QED) is 0.771. The molecule has 1 fully saturated rings. The lowest BCUT2D eigenvalue weighted by Gasteiger charge is -2.31. The van der Waals surface area contributed by atoms with Crippen LogP contribution in [0.2, 0.25) is 0 Å². The maximum Gasteiger partial charge on any atom is 0.310 e. The van der Waals surface area contributed by atoms with Crippen molar-refractivity contribution in [3.8, 4) is 0 Å². The summed E-state index contributed by atoms with van der Waals surface area (Å²) in [7, 11) is 0. The van der Waals surface area contributed by atoms with E-state index in [9.17, 15) is 9.59 Å². The molecule has 1 N–H and O–H groups in total. The standard InChI is InChI=1S/C20H30N2O3/c1-4-16-8-10-17(11-9-16)15(3)21-19(23)14-22-12-6-7-18(13-22)20(24)25-5-2/h8-11,15,18H,4-7,12-14H2,1-3H3,(H,21,23). The lowest BCUT2D eigenvalue weighted by molar-refractivity contribution is -0.150. The molecule has 138 valence electrons. The molecule has 1 aliphatic heterocycles. The second-order valence-corrected chi connectivity index (χ2v) is 6.71. The SMILES string of the molecule is CCOC(=O)C1CCCN(CC(=O)NC(C)c2ccc(CC)cc2)C1. The van der Waals surface area contributed by atoms with Gasteiger partial charge in [0.25, 0.3) is 0 Å². The lowest BCUT2D eigenvalue weighted by Crippen LogP contribution is -2.45. The Hall–Kier alpha value is -1.88. The Morgan fingerprint density at radius 3 is 2.64 bits per heavy atom. The molecule has 1 saturated heterocycles. The van der Waals surface area contributed by atoms with Gasteiger partial charge in [0.05, 0.1) is 25.1 Å². The van der Waals surface area contributed by atoms with Crippen molar-refractivity contribution in [2.75, 3.05) is 26.2 Å². The number of ether oxygens (including phenoxy) is 1. The number of nitrogens with zero attached hydrogens (tertiary/aromatic N) is 1. The zero-order valence-electron chi connectivity index (χ0n) is 15.6. The van der Waals surface area contributed by atoms with Crippen molar-refractivity contribution in [1.29, 1.82) is 0 Å². The average Bonchev–Trinajstić information content (AvgIpc) is 2.62. The summed E-state index contributed by atoms with van der Waals surface area (Å²) in [5.74, 6) is -0.255. The summed E-state index contributed by atoms with van der Waals surface area (Å²) in [5, 5.41) is 3.05. The summed E-state index contributed by atoms with van der Waals surface area (Å²) in [6.45, 7) is 8.13. The molecule has 5 heteroatoms. The normalized spacial score (nSPS) is 19.2. The Balaban J connectivity index is 1.83. The fourth-order valence-electron chi connectivity index (χ4n) is 3.27. The Bertz CT molecular complexity index is 571. The highest BCUT2D eigenvalue weighted by atomic mass is 16.5. The van der Waals surface area contributed by atoms with Crippen molar-refractivity contribution in [2.24, 2.45) is 5.92 Å². The summed E-state index contributed by atoms with van der Waals surface area (Å²) in [6.07, 6.45) is 2.78. The highest BCUT2D eigenvalue weighted by molar-refractivity contribution is 5.78. The van der Waals surface area contributed by atoms with Crippen LogP contribution in [-0.2, 0) is 20.7 Å². The number of likely N-dealkylation sites (tertiary alicyclic amines) is 1. The smallest absolute Gasteiger partial charge is 0.310 e. The van der Waals surface area contributed by atoms with E-state index in [0.29, 0.717) is 19.7 Å². The molecule has 5 nitrogen and oxygen atoms in total. The first-order chi connectivity index (χ1) is 12.0. The van der Waals surface area contributed by atoms with E-state index in [2.05, 4.69) is 36.5 Å². The fourth-order valence-corrected chi connectivity index (χ4v) is 3.27. The number of benzene rings is 1. The number of nitrogens with one attached hydrogen (secondary N) is 1. The van der Waals surface area contributed by atoms with Gasteiger partial charge >= 0.3 is 5.97 Å². The topological polar surface area (TPSA) is 58.6 Å². The van der Waals surface area contributed by atoms with Gasteiger partial charge in [-0.05, 0) is 50.8 Å². The molecular weight excluding hydrogens is 316 g/mol. The summed E-state index contributed by atoms with van der Waals surface area (Å²) in [6, 6.07) is 8.33. The van der Waals surface area contributed by atoms with Crippen LogP contribution in [0.4, 0.5) is 0 Å². The lowest BCUT2D eigenvalue weighted by atomic mass is 9.98. The molecule has 1 aromatic rings. The Morgan fingerprint density at radius 1 is 1.28 bits per heavy atom. The van der Waals surface area contributed by atoms with E-state index >= 15 is 0 Å². The molecule has 1 amide bonds. The van der Waals surface area contributed by atoms with E-state index in [1.807, 2.05) is 18.7 Å². The molecule has 2 unspecified atom stereocenters. The molecule has 25 heavy (non-hydrogen) atoms. The summed E-state index contributed by atoms with van der Waals surface area (Å²) < 4.78 is 5.11. The molecule has 0 radical (unpaired) electrons. The second-order valence-electron chi connectivity index (χ2n) is 6.71. The van der Waals surface area contributed by atoms with Crippen LogP contribution in [0.5, 0.6) is 0 Å². The first kappa shape index (κ1) is 19.4. The molecule has 0 bridgehead atoms. The van der Waals surface area contributed by atoms with Crippen LogP contribution in [0, 0.1) is 5.92 Å². The number of piperidine rings is 1. The fraction of sp³-hybridized carbons (Fsp3) is 0.600. The van der Waals surface area contributed by atoms with Gasteiger partial charge < -0.3 is 10.1 Å². The molecule has 1 heterocycles. The minimum Gasteiger partial charge on any atom is -0.466 e. The number of rotatable bonds is 7. The van der Waals surface area contributed by atoms with E-state index in [1.165, 1.54) is 5.56 Å². The highest BCUT2D eigenvalue weighted by Crippen LogP contribution is 2.18. The predicted octanol–water partition coefficient (Wildman–Crippen LogP) is 2.70. The van der Waals surface area contributed by atoms with Gasteiger partial charge in [-0.3, -0.25) is 14.5 Å². The third-order valence-electron chi connectivity index (χ3n) is 4.76. The molecule has 1 aliphatic rings. The third-order valence-corrected chi connectivity index (χ3v) is 4.76. The van der Waals surface area contributed by atoms with Gasteiger partial charge in [0.2, 0.25) is 5.91 Å². The predicted molar refractivity (Wildman–Crippen MR) is 98.2 cm³/mol. The number of carbonyl (C=O) groups is 2. The Kier molecular flexibility index (Phi) is 7.44. The van der Waals surface area contributed by atoms with Crippen LogP contribution in [0.1, 0.15) is 50.8 Å². The molecule has 2 atom stereocenters. The average molecular weight is 346 g/mol. The highest BCUT2D eigenvalue weighted by Gasteiger charge is 2.27. The van der Waals surface area contributed by atoms with Crippen molar-refractivity contribution in [3.05, 3.63) is 35.4 Å². The van der Waals surface area contributed by atoms with Crippen LogP contribution in [0.25, 0.3) is 0 Å². The first-order valence-electron chi connectivity index (χ1n) is 9.30. The molecule has 0 saturated carbocycles.